The number of halogens is 2. The van der Waals surface area contributed by atoms with Crippen LogP contribution in [0.2, 0.25) is 0 Å². The molecule has 3 N–H and O–H groups in total. The average molecular weight is 127 g/mol. The van der Waals surface area contributed by atoms with Crippen molar-refractivity contribution >= 4 is 0 Å². The summed E-state index contributed by atoms with van der Waals surface area (Å²) in [6, 6.07) is 0. The summed E-state index contributed by atoms with van der Waals surface area (Å²) in [5.74, 6) is 0. The lowest BCUT2D eigenvalue weighted by molar-refractivity contribution is -0.383. The van der Waals surface area contributed by atoms with Crippen molar-refractivity contribution in [2.45, 2.75) is 19.4 Å². The van der Waals surface area contributed by atoms with Crippen LogP contribution in [0.3, 0.4) is 0 Å². The minimum absolute atomic E-state index is 1.16. The van der Waals surface area contributed by atoms with Crippen LogP contribution in [0.15, 0.2) is 0 Å². The molecule has 0 saturated carbocycles. The highest BCUT2D eigenvalue weighted by Gasteiger charge is 2.27. The first kappa shape index (κ1) is 7.74. The number of ether oxygens (including phenoxy) is 1. The Bertz CT molecular complexity index is 70.2. The van der Waals surface area contributed by atoms with E-state index in [1.54, 1.807) is 0 Å². The van der Waals surface area contributed by atoms with Crippen LogP contribution in [0.4, 0.5) is 8.78 Å². The van der Waals surface area contributed by atoms with E-state index in [0.29, 0.717) is 0 Å². The van der Waals surface area contributed by atoms with Crippen molar-refractivity contribution in [1.82, 2.24) is 0 Å². The Morgan fingerprint density at radius 3 is 2.12 bits per heavy atom. The Balaban J connectivity index is 3.39. The third-order valence-electron chi connectivity index (χ3n) is 0.328. The van der Waals surface area contributed by atoms with Crippen LogP contribution in [0.1, 0.15) is 6.92 Å². The summed E-state index contributed by atoms with van der Waals surface area (Å²) in [7, 11) is 0. The first-order chi connectivity index (χ1) is 3.42. The molecule has 0 aromatic heterocycles. The van der Waals surface area contributed by atoms with Crippen molar-refractivity contribution < 1.29 is 18.6 Å². The van der Waals surface area contributed by atoms with Crippen LogP contribution in [0, 0.1) is 0 Å². The van der Waals surface area contributed by atoms with Gasteiger partial charge in [-0.2, -0.15) is 0 Å². The Morgan fingerprint density at radius 2 is 2.12 bits per heavy atom. The second-order valence-corrected chi connectivity index (χ2v) is 1.31. The van der Waals surface area contributed by atoms with Crippen molar-refractivity contribution in [3.63, 3.8) is 0 Å². The lowest BCUT2D eigenvalue weighted by Crippen LogP contribution is -2.30. The zero-order chi connectivity index (χ0) is 6.78. The van der Waals surface area contributed by atoms with Gasteiger partial charge in [0.15, 0.2) is 0 Å². The molecule has 0 aromatic rings. The molecule has 3 nitrogen and oxygen atoms in total. The number of rotatable bonds is 2. The third kappa shape index (κ3) is 5.74. The van der Waals surface area contributed by atoms with Gasteiger partial charge in [0.2, 0.25) is 0 Å². The van der Waals surface area contributed by atoms with Gasteiger partial charge in [-0.1, -0.05) is 0 Å². The highest BCUT2D eigenvalue weighted by molar-refractivity contribution is 4.33. The highest BCUT2D eigenvalue weighted by Crippen LogP contribution is 2.09. The van der Waals surface area contributed by atoms with Crippen LogP contribution < -0.4 is 5.73 Å². The second kappa shape index (κ2) is 2.34. The van der Waals surface area contributed by atoms with Crippen molar-refractivity contribution in [3.8, 4) is 0 Å². The standard InChI is InChI=1S/C3H7F2NO2/c1-2(6)8-3(4,5)7/h2,7H,6H2,1H3. The molecule has 0 saturated heterocycles. The SMILES string of the molecule is CC(N)OC(O)(F)F. The average Bonchev–Trinajstić information content (AvgIpc) is 1.21. The van der Waals surface area contributed by atoms with E-state index >= 15 is 0 Å². The maximum Gasteiger partial charge on any atom is 0.484 e. The molecule has 0 rings (SSSR count). The topological polar surface area (TPSA) is 55.5 Å². The zero-order valence-corrected chi connectivity index (χ0v) is 4.27. The van der Waals surface area contributed by atoms with Gasteiger partial charge >= 0.3 is 6.29 Å². The Kier molecular flexibility index (Phi) is 2.26. The fourth-order valence-electron chi connectivity index (χ4n) is 0.224. The molecule has 0 aliphatic carbocycles. The summed E-state index contributed by atoms with van der Waals surface area (Å²) in [6.45, 7) is 1.18. The normalized spacial score (nSPS) is 16.1. The number of alkyl halides is 2. The van der Waals surface area contributed by atoms with E-state index in [1.807, 2.05) is 0 Å². The lowest BCUT2D eigenvalue weighted by Gasteiger charge is -2.11. The predicted molar refractivity (Wildman–Crippen MR) is 21.9 cm³/mol. The van der Waals surface area contributed by atoms with Crippen molar-refractivity contribution in [2.75, 3.05) is 0 Å². The van der Waals surface area contributed by atoms with E-state index < -0.39 is 12.5 Å². The molecular weight excluding hydrogens is 120 g/mol. The third-order valence-corrected chi connectivity index (χ3v) is 0.328. The molecule has 0 aliphatic heterocycles. The van der Waals surface area contributed by atoms with Crippen molar-refractivity contribution in [2.24, 2.45) is 5.73 Å². The van der Waals surface area contributed by atoms with E-state index in [2.05, 4.69) is 4.74 Å². The van der Waals surface area contributed by atoms with Gasteiger partial charge in [-0.15, -0.1) is 8.78 Å². The molecule has 0 spiro atoms. The first-order valence-corrected chi connectivity index (χ1v) is 1.95. The van der Waals surface area contributed by atoms with Crippen LogP contribution in [-0.2, 0) is 4.74 Å². The zero-order valence-electron chi connectivity index (χ0n) is 4.27. The van der Waals surface area contributed by atoms with Gasteiger partial charge in [0, 0.05) is 0 Å². The highest BCUT2D eigenvalue weighted by atomic mass is 19.3. The van der Waals surface area contributed by atoms with Gasteiger partial charge in [0.25, 0.3) is 0 Å². The van der Waals surface area contributed by atoms with E-state index in [9.17, 15) is 8.78 Å². The maximum atomic E-state index is 11.2. The molecule has 0 amide bonds. The van der Waals surface area contributed by atoms with Gasteiger partial charge in [0.05, 0.1) is 0 Å². The molecule has 0 heterocycles. The lowest BCUT2D eigenvalue weighted by atomic mass is 10.7. The van der Waals surface area contributed by atoms with Crippen LogP contribution in [0.25, 0.3) is 0 Å². The molecule has 5 heteroatoms. The molecular formula is C3H7F2NO2. The molecule has 0 bridgehead atoms. The molecule has 0 radical (unpaired) electrons. The van der Waals surface area contributed by atoms with E-state index in [-0.39, 0.29) is 0 Å². The summed E-state index contributed by atoms with van der Waals surface area (Å²) in [5, 5.41) is 7.55. The Morgan fingerprint density at radius 1 is 1.75 bits per heavy atom. The molecule has 8 heavy (non-hydrogen) atoms. The van der Waals surface area contributed by atoms with Gasteiger partial charge in [-0.05, 0) is 6.92 Å². The second-order valence-electron chi connectivity index (χ2n) is 1.31. The van der Waals surface area contributed by atoms with E-state index in [0.717, 1.165) is 0 Å². The Labute approximate surface area is 45.0 Å². The first-order valence-electron chi connectivity index (χ1n) is 1.95. The van der Waals surface area contributed by atoms with Crippen molar-refractivity contribution in [1.29, 1.82) is 0 Å². The summed E-state index contributed by atoms with van der Waals surface area (Å²) >= 11 is 0. The van der Waals surface area contributed by atoms with Gasteiger partial charge in [-0.25, -0.2) is 0 Å². The minimum Gasteiger partial charge on any atom is -0.311 e. The van der Waals surface area contributed by atoms with Gasteiger partial charge in [0.1, 0.15) is 6.23 Å². The monoisotopic (exact) mass is 127 g/mol. The minimum atomic E-state index is -4.10. The summed E-state index contributed by atoms with van der Waals surface area (Å²) in [6.07, 6.45) is -5.26. The number of aliphatic hydroxyl groups is 1. The maximum absolute atomic E-state index is 11.2. The fourth-order valence-corrected chi connectivity index (χ4v) is 0.224. The van der Waals surface area contributed by atoms with Crippen molar-refractivity contribution in [3.05, 3.63) is 0 Å². The molecule has 50 valence electrons. The van der Waals surface area contributed by atoms with Crippen LogP contribution in [0.5, 0.6) is 0 Å². The molecule has 0 fully saturated rings. The number of nitrogens with two attached hydrogens (primary N) is 1. The predicted octanol–water partition coefficient (Wildman–Crippen LogP) is -0.150. The molecule has 1 unspecified atom stereocenters. The van der Waals surface area contributed by atoms with E-state index in [1.165, 1.54) is 6.92 Å². The summed E-state index contributed by atoms with van der Waals surface area (Å²) < 4.78 is 25.9. The smallest absolute Gasteiger partial charge is 0.311 e. The van der Waals surface area contributed by atoms with Crippen LogP contribution >= 0.6 is 0 Å². The largest absolute Gasteiger partial charge is 0.484 e. The van der Waals surface area contributed by atoms with Crippen LogP contribution in [-0.4, -0.2) is 17.6 Å². The number of hydrogen-bond donors (Lipinski definition) is 2. The molecule has 0 aliphatic rings. The van der Waals surface area contributed by atoms with Gasteiger partial charge in [-0.3, -0.25) is 4.74 Å². The van der Waals surface area contributed by atoms with E-state index in [4.69, 9.17) is 10.8 Å². The van der Waals surface area contributed by atoms with Gasteiger partial charge < -0.3 is 10.8 Å². The molecule has 0 aromatic carbocycles. The summed E-state index contributed by atoms with van der Waals surface area (Å²) in [4.78, 5) is 0. The fraction of sp³-hybridized carbons (Fsp3) is 1.00. The number of hydrogen-bond acceptors (Lipinski definition) is 3. The quantitative estimate of drug-likeness (QED) is 0.507. The molecule has 1 atom stereocenters. The Hall–Kier alpha value is -0.260. The summed E-state index contributed by atoms with van der Waals surface area (Å²) in [5.41, 5.74) is 4.72.